The van der Waals surface area contributed by atoms with Crippen LogP contribution >= 0.6 is 0 Å². The minimum Gasteiger partial charge on any atom is -0.366 e. The highest BCUT2D eigenvalue weighted by molar-refractivity contribution is 5.93. The maximum absolute atomic E-state index is 10.9. The van der Waals surface area contributed by atoms with Crippen LogP contribution in [0.2, 0.25) is 0 Å². The Labute approximate surface area is 79.3 Å². The van der Waals surface area contributed by atoms with Crippen LogP contribution in [0.3, 0.4) is 0 Å². The smallest absolute Gasteiger partial charge is 0.155 e. The van der Waals surface area contributed by atoms with Gasteiger partial charge in [-0.25, -0.2) is 0 Å². The van der Waals surface area contributed by atoms with E-state index < -0.39 is 0 Å². The van der Waals surface area contributed by atoms with Gasteiger partial charge in [-0.3, -0.25) is 4.79 Å². The van der Waals surface area contributed by atoms with Gasteiger partial charge in [-0.15, -0.1) is 0 Å². The molecule has 72 valence electrons. The summed E-state index contributed by atoms with van der Waals surface area (Å²) in [5.74, 6) is 0.0492. The number of Topliss-reactive ketones (excluding diaryl/α,β-unsaturated/α-hetero) is 1. The molecule has 1 aliphatic carbocycles. The summed E-state index contributed by atoms with van der Waals surface area (Å²) < 4.78 is 5.59. The molecule has 0 bridgehead atoms. The first kappa shape index (κ1) is 10.2. The highest BCUT2D eigenvalue weighted by Gasteiger charge is 2.35. The molecule has 0 spiro atoms. The molecule has 0 N–H and O–H groups in total. The van der Waals surface area contributed by atoms with Crippen LogP contribution in [0.5, 0.6) is 0 Å². The Balaban J connectivity index is 2.35. The molecule has 0 radical (unpaired) electrons. The topological polar surface area (TPSA) is 26.3 Å². The SMILES string of the molecule is C=C(CC1(OCCC)C=C1)C(C)=O. The van der Waals surface area contributed by atoms with E-state index in [2.05, 4.69) is 13.5 Å². The summed E-state index contributed by atoms with van der Waals surface area (Å²) in [6.45, 7) is 8.06. The molecular weight excluding hydrogens is 164 g/mol. The zero-order chi connectivity index (χ0) is 9.90. The van der Waals surface area contributed by atoms with Gasteiger partial charge in [0.1, 0.15) is 5.60 Å². The van der Waals surface area contributed by atoms with Crippen molar-refractivity contribution < 1.29 is 9.53 Å². The van der Waals surface area contributed by atoms with Crippen molar-refractivity contribution >= 4 is 5.78 Å². The number of carbonyl (C=O) groups is 1. The Bertz CT molecular complexity index is 245. The first-order valence-corrected chi connectivity index (χ1v) is 4.63. The van der Waals surface area contributed by atoms with Gasteiger partial charge in [-0.05, 0) is 31.1 Å². The van der Waals surface area contributed by atoms with E-state index in [1.165, 1.54) is 6.92 Å². The molecule has 0 saturated heterocycles. The van der Waals surface area contributed by atoms with Crippen molar-refractivity contribution in [3.8, 4) is 0 Å². The van der Waals surface area contributed by atoms with Crippen molar-refractivity contribution in [2.75, 3.05) is 6.61 Å². The van der Waals surface area contributed by atoms with Crippen LogP contribution in [0.25, 0.3) is 0 Å². The first-order valence-electron chi connectivity index (χ1n) is 4.63. The van der Waals surface area contributed by atoms with E-state index in [1.807, 2.05) is 12.2 Å². The van der Waals surface area contributed by atoms with Crippen LogP contribution in [0.15, 0.2) is 24.3 Å². The minimum atomic E-state index is -0.265. The second kappa shape index (κ2) is 3.88. The number of hydrogen-bond donors (Lipinski definition) is 0. The van der Waals surface area contributed by atoms with Gasteiger partial charge in [0, 0.05) is 13.0 Å². The number of rotatable bonds is 6. The van der Waals surface area contributed by atoms with Crippen molar-refractivity contribution in [1.82, 2.24) is 0 Å². The lowest BCUT2D eigenvalue weighted by Gasteiger charge is -2.16. The van der Waals surface area contributed by atoms with Gasteiger partial charge in [0.15, 0.2) is 5.78 Å². The van der Waals surface area contributed by atoms with Crippen molar-refractivity contribution in [2.24, 2.45) is 0 Å². The van der Waals surface area contributed by atoms with Crippen molar-refractivity contribution in [3.63, 3.8) is 0 Å². The van der Waals surface area contributed by atoms with E-state index in [9.17, 15) is 4.79 Å². The molecule has 13 heavy (non-hydrogen) atoms. The second-order valence-corrected chi connectivity index (χ2v) is 3.47. The zero-order valence-corrected chi connectivity index (χ0v) is 8.30. The van der Waals surface area contributed by atoms with Crippen molar-refractivity contribution in [2.45, 2.75) is 32.3 Å². The quantitative estimate of drug-likeness (QED) is 0.463. The third-order valence-electron chi connectivity index (χ3n) is 2.10. The third kappa shape index (κ3) is 2.81. The molecule has 0 heterocycles. The van der Waals surface area contributed by atoms with Crippen molar-refractivity contribution in [1.29, 1.82) is 0 Å². The molecule has 0 aromatic heterocycles. The predicted molar refractivity (Wildman–Crippen MR) is 52.6 cm³/mol. The number of hydrogen-bond acceptors (Lipinski definition) is 2. The molecule has 0 aromatic rings. The summed E-state index contributed by atoms with van der Waals surface area (Å²) in [6, 6.07) is 0. The fourth-order valence-electron chi connectivity index (χ4n) is 1.11. The molecule has 1 rings (SSSR count). The second-order valence-electron chi connectivity index (χ2n) is 3.47. The minimum absolute atomic E-state index is 0.0492. The maximum atomic E-state index is 10.9. The highest BCUT2D eigenvalue weighted by atomic mass is 16.5. The van der Waals surface area contributed by atoms with Gasteiger partial charge >= 0.3 is 0 Å². The van der Waals surface area contributed by atoms with E-state index in [1.54, 1.807) is 0 Å². The number of carbonyl (C=O) groups excluding carboxylic acids is 1. The lowest BCUT2D eigenvalue weighted by Crippen LogP contribution is -2.19. The molecule has 0 aromatic carbocycles. The number of ether oxygens (including phenoxy) is 1. The van der Waals surface area contributed by atoms with E-state index >= 15 is 0 Å². The van der Waals surface area contributed by atoms with Gasteiger partial charge in [-0.2, -0.15) is 0 Å². The van der Waals surface area contributed by atoms with Gasteiger partial charge < -0.3 is 4.74 Å². The molecule has 0 fully saturated rings. The normalized spacial score (nSPS) is 17.1. The molecule has 0 amide bonds. The summed E-state index contributed by atoms with van der Waals surface area (Å²) in [7, 11) is 0. The van der Waals surface area contributed by atoms with Crippen molar-refractivity contribution in [3.05, 3.63) is 24.3 Å². The lowest BCUT2D eigenvalue weighted by atomic mass is 10.0. The average molecular weight is 180 g/mol. The fraction of sp³-hybridized carbons (Fsp3) is 0.545. The molecular formula is C11H16O2. The van der Waals surface area contributed by atoms with Crippen LogP contribution in [-0.4, -0.2) is 18.0 Å². The highest BCUT2D eigenvalue weighted by Crippen LogP contribution is 2.34. The molecule has 0 atom stereocenters. The molecule has 1 aliphatic rings. The Hall–Kier alpha value is -0.890. The van der Waals surface area contributed by atoms with E-state index in [0.717, 1.165) is 13.0 Å². The Morgan fingerprint density at radius 3 is 2.54 bits per heavy atom. The fourth-order valence-corrected chi connectivity index (χ4v) is 1.11. The molecule has 2 heteroatoms. The first-order chi connectivity index (χ1) is 6.09. The zero-order valence-electron chi connectivity index (χ0n) is 8.30. The van der Waals surface area contributed by atoms with Crippen LogP contribution in [0.4, 0.5) is 0 Å². The predicted octanol–water partition coefficient (Wildman–Crippen LogP) is 2.26. The van der Waals surface area contributed by atoms with Crippen LogP contribution in [0.1, 0.15) is 26.7 Å². The summed E-state index contributed by atoms with van der Waals surface area (Å²) >= 11 is 0. The largest absolute Gasteiger partial charge is 0.366 e. The molecule has 0 aliphatic heterocycles. The van der Waals surface area contributed by atoms with Gasteiger partial charge in [0.05, 0.1) is 0 Å². The monoisotopic (exact) mass is 180 g/mol. The van der Waals surface area contributed by atoms with Crippen LogP contribution in [-0.2, 0) is 9.53 Å². The van der Waals surface area contributed by atoms with E-state index in [0.29, 0.717) is 12.0 Å². The van der Waals surface area contributed by atoms with E-state index in [-0.39, 0.29) is 11.4 Å². The van der Waals surface area contributed by atoms with Crippen LogP contribution in [0, 0.1) is 0 Å². The van der Waals surface area contributed by atoms with Gasteiger partial charge in [0.2, 0.25) is 0 Å². The van der Waals surface area contributed by atoms with E-state index in [4.69, 9.17) is 4.74 Å². The lowest BCUT2D eigenvalue weighted by molar-refractivity contribution is -0.114. The standard InChI is InChI=1S/C11H16O2/c1-4-7-13-11(5-6-11)8-9(2)10(3)12/h5-6H,2,4,7-8H2,1,3H3. The maximum Gasteiger partial charge on any atom is 0.155 e. The number of ketones is 1. The summed E-state index contributed by atoms with van der Waals surface area (Å²) in [5.41, 5.74) is 0.375. The van der Waals surface area contributed by atoms with Gasteiger partial charge in [-0.1, -0.05) is 13.5 Å². The molecule has 2 nitrogen and oxygen atoms in total. The molecule has 0 unspecified atom stereocenters. The third-order valence-corrected chi connectivity index (χ3v) is 2.10. The summed E-state index contributed by atoms with van der Waals surface area (Å²) in [6.07, 6.45) is 5.58. The molecule has 0 saturated carbocycles. The average Bonchev–Trinajstić information content (AvgIpc) is 2.82. The Morgan fingerprint density at radius 1 is 1.54 bits per heavy atom. The Kier molecular flexibility index (Phi) is 3.04. The van der Waals surface area contributed by atoms with Crippen LogP contribution < -0.4 is 0 Å². The van der Waals surface area contributed by atoms with Gasteiger partial charge in [0.25, 0.3) is 0 Å². The summed E-state index contributed by atoms with van der Waals surface area (Å²) in [5, 5.41) is 0. The Morgan fingerprint density at radius 2 is 2.15 bits per heavy atom. The summed E-state index contributed by atoms with van der Waals surface area (Å²) in [4.78, 5) is 10.9.